The fraction of sp³-hybridized carbons (Fsp3) is 0.0154. The zero-order chi connectivity index (χ0) is 44.0. The maximum Gasteiger partial charge on any atom is 0.0547 e. The fourth-order valence-electron chi connectivity index (χ4n) is 11.3. The highest BCUT2D eigenvalue weighted by molar-refractivity contribution is 6.14. The Morgan fingerprint density at radius 3 is 1.58 bits per heavy atom. The predicted octanol–water partition coefficient (Wildman–Crippen LogP) is 17.3. The Bertz CT molecular complexity index is 4050. The molecule has 2 aromatic heterocycles. The summed E-state index contributed by atoms with van der Waals surface area (Å²) >= 11 is 0. The van der Waals surface area contributed by atoms with Gasteiger partial charge in [-0.15, -0.1) is 0 Å². The van der Waals surface area contributed by atoms with E-state index >= 15 is 0 Å². The molecular formula is C65H42N2. The lowest BCUT2D eigenvalue weighted by molar-refractivity contribution is 1.18. The van der Waals surface area contributed by atoms with Crippen LogP contribution in [0.15, 0.2) is 243 Å². The van der Waals surface area contributed by atoms with Crippen LogP contribution in [-0.4, -0.2) is 9.13 Å². The number of hydrogen-bond acceptors (Lipinski definition) is 0. The van der Waals surface area contributed by atoms with Gasteiger partial charge in [-0.25, -0.2) is 0 Å². The van der Waals surface area contributed by atoms with Crippen LogP contribution in [0.3, 0.4) is 0 Å². The molecule has 0 N–H and O–H groups in total. The van der Waals surface area contributed by atoms with Crippen molar-refractivity contribution < 1.29 is 0 Å². The first-order chi connectivity index (χ1) is 33.2. The standard InChI is InChI=1S/C65H42N2/c1-3-16-42(17-4-1)48-37-49(43-18-5-2-6-19-43)39-50(38-48)66-60-29-11-9-23-55(60)57-34-32-45(41-64(57)66)44-33-35-63-59(40-44)56-24-10-12-30-61(56)67(63)62-31-15-26-52-53(25-14-27-54(52)62)58-28-13-21-47-36-46-20-7-8-22-51(46)65(47)58/h1-35,37-41H,36H2. The molecule has 2 heteroatoms. The molecule has 0 radical (unpaired) electrons. The van der Waals surface area contributed by atoms with E-state index in [0.717, 1.165) is 12.1 Å². The zero-order valence-electron chi connectivity index (χ0n) is 36.7. The second-order valence-corrected chi connectivity index (χ2v) is 18.0. The fourth-order valence-corrected chi connectivity index (χ4v) is 11.3. The SMILES string of the molecule is c1ccc(-c2cc(-c3ccccc3)cc(-n3c4ccccc4c4ccc(-c5ccc6c(c5)c5ccccc5n6-c5cccc6c(-c7cccc8c7-c7ccccc7C8)cccc56)cc43)c2)cc1. The number of para-hydroxylation sites is 2. The number of nitrogens with zero attached hydrogens (tertiary/aromatic N) is 2. The third-order valence-corrected chi connectivity index (χ3v) is 14.3. The highest BCUT2D eigenvalue weighted by Crippen LogP contribution is 2.46. The van der Waals surface area contributed by atoms with Crippen molar-refractivity contribution in [1.82, 2.24) is 9.13 Å². The average Bonchev–Trinajstić information content (AvgIpc) is 4.06. The molecule has 0 fully saturated rings. The van der Waals surface area contributed by atoms with Crippen LogP contribution in [0.25, 0.3) is 121 Å². The van der Waals surface area contributed by atoms with Crippen LogP contribution >= 0.6 is 0 Å². The normalized spacial score (nSPS) is 12.1. The predicted molar refractivity (Wildman–Crippen MR) is 283 cm³/mol. The van der Waals surface area contributed by atoms with Crippen LogP contribution in [0.4, 0.5) is 0 Å². The lowest BCUT2D eigenvalue weighted by atomic mass is 9.91. The van der Waals surface area contributed by atoms with Gasteiger partial charge in [-0.1, -0.05) is 188 Å². The summed E-state index contributed by atoms with van der Waals surface area (Å²) < 4.78 is 4.95. The van der Waals surface area contributed by atoms with Crippen LogP contribution < -0.4 is 0 Å². The highest BCUT2D eigenvalue weighted by Gasteiger charge is 2.24. The van der Waals surface area contributed by atoms with Crippen molar-refractivity contribution in [2.45, 2.75) is 6.42 Å². The molecule has 0 unspecified atom stereocenters. The number of rotatable bonds is 6. The van der Waals surface area contributed by atoms with E-state index in [-0.39, 0.29) is 0 Å². The van der Waals surface area contributed by atoms with Gasteiger partial charge in [0.25, 0.3) is 0 Å². The molecule has 0 atom stereocenters. The Hall–Kier alpha value is -8.72. The molecule has 67 heavy (non-hydrogen) atoms. The molecule has 11 aromatic carbocycles. The molecule has 312 valence electrons. The van der Waals surface area contributed by atoms with E-state index in [2.05, 4.69) is 252 Å². The second-order valence-electron chi connectivity index (χ2n) is 18.0. The molecule has 0 bridgehead atoms. The molecule has 0 aliphatic heterocycles. The Labute approximate surface area is 388 Å². The minimum atomic E-state index is 0.980. The number of aromatic nitrogens is 2. The minimum Gasteiger partial charge on any atom is -0.309 e. The Morgan fingerprint density at radius 1 is 0.254 bits per heavy atom. The van der Waals surface area contributed by atoms with Crippen molar-refractivity contribution in [3.63, 3.8) is 0 Å². The van der Waals surface area contributed by atoms with Crippen LogP contribution in [0.2, 0.25) is 0 Å². The quantitative estimate of drug-likeness (QED) is 0.158. The third-order valence-electron chi connectivity index (χ3n) is 14.3. The van der Waals surface area contributed by atoms with Gasteiger partial charge in [-0.3, -0.25) is 0 Å². The van der Waals surface area contributed by atoms with Crippen molar-refractivity contribution in [1.29, 1.82) is 0 Å². The van der Waals surface area contributed by atoms with E-state index in [1.54, 1.807) is 0 Å². The van der Waals surface area contributed by atoms with E-state index in [4.69, 9.17) is 0 Å². The van der Waals surface area contributed by atoms with Gasteiger partial charge < -0.3 is 9.13 Å². The Balaban J connectivity index is 0.938. The summed E-state index contributed by atoms with van der Waals surface area (Å²) in [5.41, 5.74) is 22.4. The first-order valence-corrected chi connectivity index (χ1v) is 23.3. The molecule has 2 nitrogen and oxygen atoms in total. The summed E-state index contributed by atoms with van der Waals surface area (Å²) in [6.45, 7) is 0. The lowest BCUT2D eigenvalue weighted by Crippen LogP contribution is -1.96. The van der Waals surface area contributed by atoms with Crippen molar-refractivity contribution in [3.05, 3.63) is 254 Å². The maximum absolute atomic E-state index is 2.48. The molecule has 0 saturated carbocycles. The van der Waals surface area contributed by atoms with E-state index in [1.807, 2.05) is 0 Å². The van der Waals surface area contributed by atoms with Gasteiger partial charge in [0.15, 0.2) is 0 Å². The molecule has 0 amide bonds. The van der Waals surface area contributed by atoms with Gasteiger partial charge in [0.2, 0.25) is 0 Å². The topological polar surface area (TPSA) is 9.86 Å². The number of benzene rings is 11. The maximum atomic E-state index is 2.48. The van der Waals surface area contributed by atoms with E-state index in [0.29, 0.717) is 0 Å². The molecule has 14 rings (SSSR count). The first kappa shape index (κ1) is 37.6. The third kappa shape index (κ3) is 5.90. The van der Waals surface area contributed by atoms with Crippen molar-refractivity contribution in [3.8, 4) is 67.0 Å². The lowest BCUT2D eigenvalue weighted by Gasteiger charge is -2.16. The number of hydrogen-bond donors (Lipinski definition) is 0. The van der Waals surface area contributed by atoms with Gasteiger partial charge in [0.1, 0.15) is 0 Å². The molecule has 13 aromatic rings. The van der Waals surface area contributed by atoms with Crippen molar-refractivity contribution in [2.24, 2.45) is 0 Å². The summed E-state index contributed by atoms with van der Waals surface area (Å²) in [7, 11) is 0. The number of fused-ring (bicyclic) bond motifs is 10. The van der Waals surface area contributed by atoms with Crippen LogP contribution in [0, 0.1) is 0 Å². The molecule has 1 aliphatic rings. The first-order valence-electron chi connectivity index (χ1n) is 23.3. The summed E-state index contributed by atoms with van der Waals surface area (Å²) in [5, 5.41) is 7.46. The molecule has 2 heterocycles. The summed E-state index contributed by atoms with van der Waals surface area (Å²) in [4.78, 5) is 0. The van der Waals surface area contributed by atoms with Crippen LogP contribution in [-0.2, 0) is 6.42 Å². The van der Waals surface area contributed by atoms with Crippen molar-refractivity contribution in [2.75, 3.05) is 0 Å². The molecule has 0 spiro atoms. The smallest absolute Gasteiger partial charge is 0.0547 e. The van der Waals surface area contributed by atoms with Crippen LogP contribution in [0.1, 0.15) is 11.1 Å². The molecule has 1 aliphatic carbocycles. The van der Waals surface area contributed by atoms with Gasteiger partial charge in [0.05, 0.1) is 27.8 Å². The molecule has 0 saturated heterocycles. The minimum absolute atomic E-state index is 0.980. The summed E-state index contributed by atoms with van der Waals surface area (Å²) in [5.74, 6) is 0. The van der Waals surface area contributed by atoms with E-state index in [1.165, 1.54) is 127 Å². The van der Waals surface area contributed by atoms with Gasteiger partial charge in [-0.05, 0) is 133 Å². The molecular weight excluding hydrogens is 809 g/mol. The van der Waals surface area contributed by atoms with E-state index in [9.17, 15) is 0 Å². The van der Waals surface area contributed by atoms with Crippen LogP contribution in [0.5, 0.6) is 0 Å². The van der Waals surface area contributed by atoms with Gasteiger partial charge >= 0.3 is 0 Å². The largest absolute Gasteiger partial charge is 0.309 e. The Morgan fingerprint density at radius 2 is 0.791 bits per heavy atom. The summed E-state index contributed by atoms with van der Waals surface area (Å²) in [6, 6.07) is 89.8. The van der Waals surface area contributed by atoms with Gasteiger partial charge in [-0.2, -0.15) is 0 Å². The monoisotopic (exact) mass is 850 g/mol. The summed E-state index contributed by atoms with van der Waals surface area (Å²) in [6.07, 6.45) is 0.980. The zero-order valence-corrected chi connectivity index (χ0v) is 36.7. The Kier molecular flexibility index (Phi) is 8.38. The highest BCUT2D eigenvalue weighted by atomic mass is 15.0. The van der Waals surface area contributed by atoms with E-state index < -0.39 is 0 Å². The van der Waals surface area contributed by atoms with Crippen molar-refractivity contribution >= 4 is 54.4 Å². The van der Waals surface area contributed by atoms with Gasteiger partial charge in [0, 0.05) is 32.6 Å². The average molecular weight is 851 g/mol. The second kappa shape index (κ2) is 14.9.